The van der Waals surface area contributed by atoms with Gasteiger partial charge in [-0.15, -0.1) is 0 Å². The van der Waals surface area contributed by atoms with Gasteiger partial charge in [-0.25, -0.2) is 0 Å². The van der Waals surface area contributed by atoms with E-state index in [9.17, 15) is 9.90 Å². The lowest BCUT2D eigenvalue weighted by Gasteiger charge is -2.31. The number of β-amino-alcohol motifs (C(OH)–C–C–N with tert-alkyl or cyclic N) is 1. The first-order valence-corrected chi connectivity index (χ1v) is 7.28. The predicted octanol–water partition coefficient (Wildman–Crippen LogP) is 1.04. The highest BCUT2D eigenvalue weighted by Gasteiger charge is 2.30. The zero-order chi connectivity index (χ0) is 13.1. The Hall–Kier alpha value is -0.610. The Morgan fingerprint density at radius 3 is 2.44 bits per heavy atom. The highest BCUT2D eigenvalue weighted by molar-refractivity contribution is 5.82. The summed E-state index contributed by atoms with van der Waals surface area (Å²) < 4.78 is 0. The van der Waals surface area contributed by atoms with Gasteiger partial charge in [0.1, 0.15) is 0 Å². The standard InChI is InChI=1S/C14H26N2O2/c1-9(2)10-3-5-11(6-4-10)16-14(18)13-7-12(17)8-15-13/h9-13,15,17H,3-8H2,1-2H3,(H,16,18). The summed E-state index contributed by atoms with van der Waals surface area (Å²) in [5.74, 6) is 1.65. The third kappa shape index (κ3) is 3.45. The third-order valence-corrected chi connectivity index (χ3v) is 4.49. The first-order valence-electron chi connectivity index (χ1n) is 7.28. The molecule has 0 bridgehead atoms. The molecule has 1 aliphatic heterocycles. The van der Waals surface area contributed by atoms with Gasteiger partial charge in [-0.05, 0) is 43.9 Å². The number of nitrogens with one attached hydrogen (secondary N) is 2. The van der Waals surface area contributed by atoms with Gasteiger partial charge in [-0.1, -0.05) is 13.8 Å². The molecule has 0 aromatic carbocycles. The van der Waals surface area contributed by atoms with Crippen molar-refractivity contribution in [2.24, 2.45) is 11.8 Å². The van der Waals surface area contributed by atoms with E-state index >= 15 is 0 Å². The lowest BCUT2D eigenvalue weighted by Crippen LogP contribution is -2.46. The smallest absolute Gasteiger partial charge is 0.237 e. The van der Waals surface area contributed by atoms with E-state index in [1.807, 2.05) is 0 Å². The summed E-state index contributed by atoms with van der Waals surface area (Å²) in [5.41, 5.74) is 0. The van der Waals surface area contributed by atoms with Crippen molar-refractivity contribution in [3.05, 3.63) is 0 Å². The van der Waals surface area contributed by atoms with Crippen molar-refractivity contribution < 1.29 is 9.90 Å². The molecule has 2 atom stereocenters. The molecule has 0 aromatic heterocycles. The molecule has 1 amide bonds. The number of amides is 1. The van der Waals surface area contributed by atoms with E-state index in [2.05, 4.69) is 24.5 Å². The Kier molecular flexibility index (Phi) is 4.62. The SMILES string of the molecule is CC(C)C1CCC(NC(=O)C2CC(O)CN2)CC1. The molecule has 3 N–H and O–H groups in total. The Labute approximate surface area is 110 Å². The fraction of sp³-hybridized carbons (Fsp3) is 0.929. The fourth-order valence-corrected chi connectivity index (χ4v) is 3.15. The molecule has 1 heterocycles. The van der Waals surface area contributed by atoms with Crippen LogP contribution in [0.1, 0.15) is 46.0 Å². The number of hydrogen-bond acceptors (Lipinski definition) is 3. The van der Waals surface area contributed by atoms with Gasteiger partial charge in [0.05, 0.1) is 12.1 Å². The van der Waals surface area contributed by atoms with Crippen molar-refractivity contribution >= 4 is 5.91 Å². The van der Waals surface area contributed by atoms with Crippen molar-refractivity contribution in [3.63, 3.8) is 0 Å². The minimum absolute atomic E-state index is 0.0690. The maximum Gasteiger partial charge on any atom is 0.237 e. The number of rotatable bonds is 3. The van der Waals surface area contributed by atoms with E-state index in [0.29, 0.717) is 19.0 Å². The highest BCUT2D eigenvalue weighted by Crippen LogP contribution is 2.29. The van der Waals surface area contributed by atoms with Crippen LogP contribution < -0.4 is 10.6 Å². The topological polar surface area (TPSA) is 61.4 Å². The number of carbonyl (C=O) groups is 1. The van der Waals surface area contributed by atoms with E-state index in [0.717, 1.165) is 24.7 Å². The van der Waals surface area contributed by atoms with E-state index in [-0.39, 0.29) is 18.1 Å². The highest BCUT2D eigenvalue weighted by atomic mass is 16.3. The molecule has 2 fully saturated rings. The van der Waals surface area contributed by atoms with Crippen LogP contribution in [0.2, 0.25) is 0 Å². The third-order valence-electron chi connectivity index (χ3n) is 4.49. The molecule has 18 heavy (non-hydrogen) atoms. The predicted molar refractivity (Wildman–Crippen MR) is 71.1 cm³/mol. The molecule has 1 aliphatic carbocycles. The second-order valence-electron chi connectivity index (χ2n) is 6.21. The maximum atomic E-state index is 12.0. The van der Waals surface area contributed by atoms with Crippen LogP contribution in [0.25, 0.3) is 0 Å². The van der Waals surface area contributed by atoms with E-state index < -0.39 is 0 Å². The Bertz CT molecular complexity index is 286. The molecule has 4 heteroatoms. The summed E-state index contributed by atoms with van der Waals surface area (Å²) in [6.07, 6.45) is 4.84. The van der Waals surface area contributed by atoms with E-state index in [4.69, 9.17) is 0 Å². The van der Waals surface area contributed by atoms with Gasteiger partial charge in [0.2, 0.25) is 5.91 Å². The Morgan fingerprint density at radius 1 is 1.28 bits per heavy atom. The second-order valence-corrected chi connectivity index (χ2v) is 6.21. The van der Waals surface area contributed by atoms with Gasteiger partial charge in [0.15, 0.2) is 0 Å². The fourth-order valence-electron chi connectivity index (χ4n) is 3.15. The molecule has 0 spiro atoms. The van der Waals surface area contributed by atoms with Crippen LogP contribution in [0.5, 0.6) is 0 Å². The van der Waals surface area contributed by atoms with Crippen LogP contribution in [0, 0.1) is 11.8 Å². The van der Waals surface area contributed by atoms with Crippen molar-refractivity contribution in [3.8, 4) is 0 Å². The summed E-state index contributed by atoms with van der Waals surface area (Å²) in [4.78, 5) is 12.0. The van der Waals surface area contributed by atoms with Gasteiger partial charge in [0.25, 0.3) is 0 Å². The zero-order valence-electron chi connectivity index (χ0n) is 11.5. The summed E-state index contributed by atoms with van der Waals surface area (Å²) in [6.45, 7) is 5.11. The minimum Gasteiger partial charge on any atom is -0.392 e. The lowest BCUT2D eigenvalue weighted by atomic mass is 9.79. The summed E-state index contributed by atoms with van der Waals surface area (Å²) >= 11 is 0. The molecule has 0 aromatic rings. The first-order chi connectivity index (χ1) is 8.56. The van der Waals surface area contributed by atoms with Crippen molar-refractivity contribution in [1.82, 2.24) is 10.6 Å². The Morgan fingerprint density at radius 2 is 1.94 bits per heavy atom. The number of hydrogen-bond donors (Lipinski definition) is 3. The van der Waals surface area contributed by atoms with Crippen LogP contribution in [-0.2, 0) is 4.79 Å². The van der Waals surface area contributed by atoms with Crippen LogP contribution in [-0.4, -0.2) is 35.7 Å². The monoisotopic (exact) mass is 254 g/mol. The molecule has 1 saturated carbocycles. The van der Waals surface area contributed by atoms with Crippen LogP contribution in [0.3, 0.4) is 0 Å². The van der Waals surface area contributed by atoms with Crippen molar-refractivity contribution in [1.29, 1.82) is 0 Å². The van der Waals surface area contributed by atoms with Gasteiger partial charge in [-0.3, -0.25) is 4.79 Å². The quantitative estimate of drug-likeness (QED) is 0.705. The molecule has 104 valence electrons. The van der Waals surface area contributed by atoms with Crippen LogP contribution in [0.15, 0.2) is 0 Å². The molecule has 0 radical (unpaired) electrons. The molecule has 1 saturated heterocycles. The molecule has 4 nitrogen and oxygen atoms in total. The second kappa shape index (κ2) is 6.02. The lowest BCUT2D eigenvalue weighted by molar-refractivity contribution is -0.123. The van der Waals surface area contributed by atoms with Crippen molar-refractivity contribution in [2.75, 3.05) is 6.54 Å². The average molecular weight is 254 g/mol. The van der Waals surface area contributed by atoms with Crippen LogP contribution >= 0.6 is 0 Å². The average Bonchev–Trinajstić information content (AvgIpc) is 2.76. The molecular formula is C14H26N2O2. The molecule has 2 rings (SSSR count). The molecular weight excluding hydrogens is 228 g/mol. The molecule has 2 aliphatic rings. The maximum absolute atomic E-state index is 12.0. The summed E-state index contributed by atoms with van der Waals surface area (Å²) in [6, 6.07) is 0.148. The zero-order valence-corrected chi connectivity index (χ0v) is 11.5. The van der Waals surface area contributed by atoms with Gasteiger partial charge < -0.3 is 15.7 Å². The summed E-state index contributed by atoms with van der Waals surface area (Å²) in [5, 5.41) is 15.6. The Balaban J connectivity index is 1.73. The largest absolute Gasteiger partial charge is 0.392 e. The summed E-state index contributed by atoms with van der Waals surface area (Å²) in [7, 11) is 0. The van der Waals surface area contributed by atoms with E-state index in [1.165, 1.54) is 12.8 Å². The number of aliphatic hydroxyl groups excluding tert-OH is 1. The number of carbonyl (C=O) groups excluding carboxylic acids is 1. The van der Waals surface area contributed by atoms with Gasteiger partial charge >= 0.3 is 0 Å². The number of aliphatic hydroxyl groups is 1. The van der Waals surface area contributed by atoms with E-state index in [1.54, 1.807) is 0 Å². The normalized spacial score (nSPS) is 36.9. The van der Waals surface area contributed by atoms with Crippen LogP contribution in [0.4, 0.5) is 0 Å². The van der Waals surface area contributed by atoms with Gasteiger partial charge in [0, 0.05) is 12.6 Å². The first kappa shape index (κ1) is 13.8. The van der Waals surface area contributed by atoms with Crippen molar-refractivity contribution in [2.45, 2.75) is 64.1 Å². The van der Waals surface area contributed by atoms with Gasteiger partial charge in [-0.2, -0.15) is 0 Å². The minimum atomic E-state index is -0.363. The molecule has 2 unspecified atom stereocenters.